The number of aromatic nitrogens is 2. The Labute approximate surface area is 195 Å². The average molecular weight is 467 g/mol. The first kappa shape index (κ1) is 22.4. The number of benzene rings is 1. The molecule has 1 aromatic heterocycles. The minimum atomic E-state index is -1.27. The summed E-state index contributed by atoms with van der Waals surface area (Å²) in [6, 6.07) is 3.09. The van der Waals surface area contributed by atoms with Crippen LogP contribution in [0.3, 0.4) is 0 Å². The lowest BCUT2D eigenvalue weighted by molar-refractivity contribution is -0.125. The van der Waals surface area contributed by atoms with Crippen LogP contribution < -0.4 is 5.32 Å². The summed E-state index contributed by atoms with van der Waals surface area (Å²) in [5, 5.41) is 13.5. The predicted octanol–water partition coefficient (Wildman–Crippen LogP) is 1.77. The molecule has 0 aliphatic carbocycles. The molecule has 1 aromatic carbocycles. The maximum absolute atomic E-state index is 14.5. The van der Waals surface area contributed by atoms with Gasteiger partial charge in [0.15, 0.2) is 0 Å². The SMILES string of the molecule is C#Cc1cc(F)cc([C@H]2C[C@H](F)CN2C(=O)C2=NCc3ncnc(N[C@@H]4CCOC[C@H]4O)c32)c1. The number of carbonyl (C=O) groups is 1. The normalized spacial score (nSPS) is 26.1. The van der Waals surface area contributed by atoms with E-state index in [4.69, 9.17) is 11.2 Å². The topological polar surface area (TPSA) is 99.9 Å². The lowest BCUT2D eigenvalue weighted by Gasteiger charge is -2.29. The number of hydrogen-bond acceptors (Lipinski definition) is 7. The third-order valence-electron chi connectivity index (χ3n) is 6.38. The summed E-state index contributed by atoms with van der Waals surface area (Å²) in [7, 11) is 0. The van der Waals surface area contributed by atoms with Crippen LogP contribution in [-0.4, -0.2) is 69.7 Å². The van der Waals surface area contributed by atoms with Gasteiger partial charge < -0.3 is 20.1 Å². The standard InChI is InChI=1S/C24H23F2N5O3/c1-2-13-5-14(7-15(25)6-13)19-8-16(26)10-31(19)24(33)22-21-18(9-27-22)28-12-29-23(21)30-17-3-4-34-11-20(17)32/h1,5-7,12,16-17,19-20,32H,3-4,8-11H2,(H,28,29,30)/t16-,17+,19+,20+/m0/s1. The number of aliphatic hydroxyl groups excluding tert-OH is 1. The van der Waals surface area contributed by atoms with Gasteiger partial charge in [0, 0.05) is 18.6 Å². The number of alkyl halides is 1. The zero-order chi connectivity index (χ0) is 23.8. The van der Waals surface area contributed by atoms with Crippen LogP contribution >= 0.6 is 0 Å². The molecule has 4 atom stereocenters. The van der Waals surface area contributed by atoms with Crippen molar-refractivity contribution in [2.75, 3.05) is 25.1 Å². The third kappa shape index (κ3) is 4.13. The Morgan fingerprint density at radius 1 is 1.32 bits per heavy atom. The lowest BCUT2D eigenvalue weighted by atomic mass is 10.0. The molecule has 4 heterocycles. The molecule has 0 bridgehead atoms. The highest BCUT2D eigenvalue weighted by atomic mass is 19.1. The van der Waals surface area contributed by atoms with Crippen molar-refractivity contribution in [2.24, 2.45) is 4.99 Å². The molecule has 10 heteroatoms. The van der Waals surface area contributed by atoms with Gasteiger partial charge in [0.25, 0.3) is 5.91 Å². The first-order valence-electron chi connectivity index (χ1n) is 11.1. The van der Waals surface area contributed by atoms with Gasteiger partial charge in [-0.25, -0.2) is 18.7 Å². The van der Waals surface area contributed by atoms with Crippen molar-refractivity contribution in [3.05, 3.63) is 52.7 Å². The Bertz CT molecular complexity index is 1200. The second-order valence-corrected chi connectivity index (χ2v) is 8.61. The number of carbonyl (C=O) groups excluding carboxylic acids is 1. The molecule has 3 aliphatic heterocycles. The van der Waals surface area contributed by atoms with Crippen LogP contribution in [0.4, 0.5) is 14.6 Å². The largest absolute Gasteiger partial charge is 0.389 e. The van der Waals surface area contributed by atoms with Crippen LogP contribution in [0.25, 0.3) is 0 Å². The number of terminal acetylenes is 1. The Morgan fingerprint density at radius 2 is 2.18 bits per heavy atom. The summed E-state index contributed by atoms with van der Waals surface area (Å²) in [6.45, 7) is 0.728. The van der Waals surface area contributed by atoms with Crippen molar-refractivity contribution in [3.63, 3.8) is 0 Å². The minimum Gasteiger partial charge on any atom is -0.389 e. The van der Waals surface area contributed by atoms with Crippen LogP contribution in [0.15, 0.2) is 29.5 Å². The molecule has 2 aromatic rings. The number of nitrogens with one attached hydrogen (secondary N) is 1. The second-order valence-electron chi connectivity index (χ2n) is 8.61. The molecule has 5 rings (SSSR count). The highest BCUT2D eigenvalue weighted by Gasteiger charge is 2.41. The number of aliphatic imine (C=N–C) groups is 1. The number of ether oxygens (including phenoxy) is 1. The maximum atomic E-state index is 14.5. The van der Waals surface area contributed by atoms with Gasteiger partial charge in [0.05, 0.1) is 49.1 Å². The van der Waals surface area contributed by atoms with E-state index >= 15 is 0 Å². The lowest BCUT2D eigenvalue weighted by Crippen LogP contribution is -2.43. The highest BCUT2D eigenvalue weighted by Crippen LogP contribution is 2.36. The number of aliphatic hydroxyl groups is 1. The predicted molar refractivity (Wildman–Crippen MR) is 119 cm³/mol. The van der Waals surface area contributed by atoms with E-state index in [-0.39, 0.29) is 37.9 Å². The van der Waals surface area contributed by atoms with E-state index in [1.54, 1.807) is 6.07 Å². The van der Waals surface area contributed by atoms with Gasteiger partial charge in [0.2, 0.25) is 0 Å². The molecule has 3 aliphatic rings. The summed E-state index contributed by atoms with van der Waals surface area (Å²) in [5.41, 5.74) is 1.88. The van der Waals surface area contributed by atoms with Crippen LogP contribution in [0, 0.1) is 18.2 Å². The smallest absolute Gasteiger partial charge is 0.273 e. The van der Waals surface area contributed by atoms with Crippen molar-refractivity contribution in [1.82, 2.24) is 14.9 Å². The number of fused-ring (bicyclic) bond motifs is 1. The number of anilines is 1. The fourth-order valence-corrected chi connectivity index (χ4v) is 4.72. The molecular weight excluding hydrogens is 444 g/mol. The van der Waals surface area contributed by atoms with Crippen molar-refractivity contribution < 1.29 is 23.4 Å². The van der Waals surface area contributed by atoms with Crippen molar-refractivity contribution >= 4 is 17.4 Å². The van der Waals surface area contributed by atoms with Crippen LogP contribution in [0.1, 0.15) is 41.3 Å². The molecule has 0 spiro atoms. The fourth-order valence-electron chi connectivity index (χ4n) is 4.72. The van der Waals surface area contributed by atoms with Gasteiger partial charge in [-0.3, -0.25) is 9.79 Å². The van der Waals surface area contributed by atoms with Gasteiger partial charge in [-0.1, -0.05) is 5.92 Å². The molecule has 176 valence electrons. The molecule has 8 nitrogen and oxygen atoms in total. The van der Waals surface area contributed by atoms with Gasteiger partial charge in [-0.05, 0) is 30.2 Å². The van der Waals surface area contributed by atoms with Crippen molar-refractivity contribution in [3.8, 4) is 12.3 Å². The van der Waals surface area contributed by atoms with E-state index in [9.17, 15) is 18.7 Å². The van der Waals surface area contributed by atoms with Crippen LogP contribution in [0.5, 0.6) is 0 Å². The summed E-state index contributed by atoms with van der Waals surface area (Å²) in [6.07, 6.45) is 5.40. The molecule has 0 unspecified atom stereocenters. The quantitative estimate of drug-likeness (QED) is 0.665. The monoisotopic (exact) mass is 467 g/mol. The fraction of sp³-hybridized carbons (Fsp3) is 0.417. The third-order valence-corrected chi connectivity index (χ3v) is 6.38. The molecule has 0 saturated carbocycles. The molecule has 2 fully saturated rings. The molecule has 2 N–H and O–H groups in total. The first-order chi connectivity index (χ1) is 16.4. The highest BCUT2D eigenvalue weighted by molar-refractivity contribution is 6.47. The van der Waals surface area contributed by atoms with E-state index in [0.717, 1.165) is 0 Å². The van der Waals surface area contributed by atoms with Gasteiger partial charge >= 0.3 is 0 Å². The van der Waals surface area contributed by atoms with Gasteiger partial charge in [0.1, 0.15) is 29.8 Å². The number of amides is 1. The van der Waals surface area contributed by atoms with Gasteiger partial charge in [-0.15, -0.1) is 6.42 Å². The number of likely N-dealkylation sites (tertiary alicyclic amines) is 1. The average Bonchev–Trinajstić information content (AvgIpc) is 3.44. The number of hydrogen-bond donors (Lipinski definition) is 2. The van der Waals surface area contributed by atoms with Crippen molar-refractivity contribution in [2.45, 2.75) is 43.7 Å². The summed E-state index contributed by atoms with van der Waals surface area (Å²) in [5.74, 6) is 1.74. The van der Waals surface area contributed by atoms with Crippen LogP contribution in [0.2, 0.25) is 0 Å². The minimum absolute atomic E-state index is 0.0318. The van der Waals surface area contributed by atoms with E-state index < -0.39 is 30.0 Å². The number of rotatable bonds is 4. The van der Waals surface area contributed by atoms with E-state index in [2.05, 4.69) is 26.2 Å². The molecular formula is C24H23F2N5O3. The second kappa shape index (κ2) is 9.08. The zero-order valence-electron chi connectivity index (χ0n) is 18.2. The molecule has 34 heavy (non-hydrogen) atoms. The van der Waals surface area contributed by atoms with Crippen LogP contribution in [-0.2, 0) is 16.1 Å². The van der Waals surface area contributed by atoms with E-state index in [1.807, 2.05) is 0 Å². The Balaban J connectivity index is 1.45. The summed E-state index contributed by atoms with van der Waals surface area (Å²) >= 11 is 0. The molecule has 0 radical (unpaired) electrons. The van der Waals surface area contributed by atoms with E-state index in [0.29, 0.717) is 41.2 Å². The Morgan fingerprint density at radius 3 is 2.97 bits per heavy atom. The van der Waals surface area contributed by atoms with Crippen molar-refractivity contribution in [1.29, 1.82) is 0 Å². The summed E-state index contributed by atoms with van der Waals surface area (Å²) < 4.78 is 33.9. The first-order valence-corrected chi connectivity index (χ1v) is 11.1. The molecule has 1 amide bonds. The maximum Gasteiger partial charge on any atom is 0.273 e. The Kier molecular flexibility index (Phi) is 5.98. The Hall–Kier alpha value is -3.42. The molecule has 2 saturated heterocycles. The number of halogens is 2. The summed E-state index contributed by atoms with van der Waals surface area (Å²) in [4.78, 5) is 27.9. The number of nitrogens with zero attached hydrogens (tertiary/aromatic N) is 4. The van der Waals surface area contributed by atoms with E-state index in [1.165, 1.54) is 23.4 Å². The van der Waals surface area contributed by atoms with Gasteiger partial charge in [-0.2, -0.15) is 0 Å². The zero-order valence-corrected chi connectivity index (χ0v) is 18.2.